The van der Waals surface area contributed by atoms with Crippen molar-refractivity contribution < 1.29 is 8.42 Å². The van der Waals surface area contributed by atoms with Gasteiger partial charge in [-0.3, -0.25) is 0 Å². The minimum Gasteiger partial charge on any atom is -0.317 e. The predicted octanol–water partition coefficient (Wildman–Crippen LogP) is 2.23. The Bertz CT molecular complexity index is 250. The lowest BCUT2D eigenvalue weighted by atomic mass is 10.0. The number of nitrogens with one attached hydrogen (secondary N) is 1. The molecule has 0 aliphatic rings. The van der Waals surface area contributed by atoms with Gasteiger partial charge in [0.05, 0.1) is 5.75 Å². The molecule has 98 valence electrons. The first-order valence-corrected chi connectivity index (χ1v) is 8.25. The molecule has 1 N–H and O–H groups in total. The van der Waals surface area contributed by atoms with Crippen LogP contribution in [-0.4, -0.2) is 33.0 Å². The van der Waals surface area contributed by atoms with Crippen LogP contribution in [0.25, 0.3) is 0 Å². The Hall–Kier alpha value is -0.0900. The molecule has 0 bridgehead atoms. The van der Waals surface area contributed by atoms with Crippen LogP contribution in [0.5, 0.6) is 0 Å². The maximum absolute atomic E-state index is 11.3. The molecule has 0 saturated heterocycles. The average Bonchev–Trinajstić information content (AvgIpc) is 2.24. The Labute approximate surface area is 101 Å². The largest absolute Gasteiger partial charge is 0.317 e. The first-order chi connectivity index (χ1) is 7.52. The Morgan fingerprint density at radius 1 is 1.12 bits per heavy atom. The van der Waals surface area contributed by atoms with E-state index in [1.807, 2.05) is 0 Å². The van der Waals surface area contributed by atoms with Gasteiger partial charge in [-0.2, -0.15) is 0 Å². The molecule has 0 aromatic heterocycles. The first kappa shape index (κ1) is 15.9. The van der Waals surface area contributed by atoms with Crippen molar-refractivity contribution in [3.05, 3.63) is 0 Å². The number of sulfone groups is 1. The zero-order chi connectivity index (χ0) is 12.4. The van der Waals surface area contributed by atoms with Gasteiger partial charge < -0.3 is 5.32 Å². The molecule has 0 aromatic carbocycles. The van der Waals surface area contributed by atoms with Crippen LogP contribution in [0.4, 0.5) is 0 Å². The Balaban J connectivity index is 3.47. The lowest BCUT2D eigenvalue weighted by Gasteiger charge is -2.11. The minimum atomic E-state index is -2.76. The van der Waals surface area contributed by atoms with Crippen molar-refractivity contribution in [1.29, 1.82) is 0 Å². The maximum atomic E-state index is 11.3. The molecule has 1 atom stereocenters. The van der Waals surface area contributed by atoms with Crippen LogP contribution >= 0.6 is 0 Å². The molecule has 0 amide bonds. The van der Waals surface area contributed by atoms with E-state index in [2.05, 4.69) is 19.2 Å². The van der Waals surface area contributed by atoms with E-state index < -0.39 is 9.84 Å². The van der Waals surface area contributed by atoms with Crippen LogP contribution < -0.4 is 5.32 Å². The van der Waals surface area contributed by atoms with Crippen LogP contribution in [0.1, 0.15) is 46.5 Å². The molecule has 0 aromatic rings. The van der Waals surface area contributed by atoms with E-state index in [-0.39, 0.29) is 5.75 Å². The molecule has 0 radical (unpaired) electrons. The zero-order valence-corrected chi connectivity index (χ0v) is 11.8. The van der Waals surface area contributed by atoms with Crippen molar-refractivity contribution in [2.45, 2.75) is 46.5 Å². The molecule has 0 fully saturated rings. The summed E-state index contributed by atoms with van der Waals surface area (Å²) in [5.74, 6) is 1.26. The predicted molar refractivity (Wildman–Crippen MR) is 70.5 cm³/mol. The molecule has 0 aliphatic heterocycles. The summed E-state index contributed by atoms with van der Waals surface area (Å²) in [6.45, 7) is 8.21. The smallest absolute Gasteiger partial charge is 0.150 e. The second kappa shape index (κ2) is 8.99. The van der Waals surface area contributed by atoms with Crippen LogP contribution in [0, 0.1) is 5.92 Å². The molecular formula is C12H27NO2S. The molecule has 16 heavy (non-hydrogen) atoms. The summed E-state index contributed by atoms with van der Waals surface area (Å²) in [5.41, 5.74) is 0. The van der Waals surface area contributed by atoms with Gasteiger partial charge >= 0.3 is 0 Å². The monoisotopic (exact) mass is 249 g/mol. The molecule has 1 unspecified atom stereocenters. The van der Waals surface area contributed by atoms with Crippen molar-refractivity contribution in [1.82, 2.24) is 5.32 Å². The summed E-state index contributed by atoms with van der Waals surface area (Å²) >= 11 is 0. The summed E-state index contributed by atoms with van der Waals surface area (Å²) in [6.07, 6.45) is 4.15. The summed E-state index contributed by atoms with van der Waals surface area (Å²) in [5, 5.41) is 3.37. The van der Waals surface area contributed by atoms with Gasteiger partial charge in [0.15, 0.2) is 0 Å². The average molecular weight is 249 g/mol. The second-order valence-corrected chi connectivity index (χ2v) is 7.00. The van der Waals surface area contributed by atoms with Crippen LogP contribution in [0.3, 0.4) is 0 Å². The minimum absolute atomic E-state index is 0.277. The molecule has 0 aliphatic carbocycles. The molecule has 4 heteroatoms. The zero-order valence-electron chi connectivity index (χ0n) is 11.0. The van der Waals surface area contributed by atoms with Crippen molar-refractivity contribution in [3.63, 3.8) is 0 Å². The van der Waals surface area contributed by atoms with Crippen LogP contribution in [-0.2, 0) is 9.84 Å². The van der Waals surface area contributed by atoms with E-state index >= 15 is 0 Å². The lowest BCUT2D eigenvalue weighted by molar-refractivity contribution is 0.464. The highest BCUT2D eigenvalue weighted by Crippen LogP contribution is 2.10. The molecule has 0 rings (SSSR count). The fourth-order valence-corrected chi connectivity index (χ4v) is 2.49. The van der Waals surface area contributed by atoms with Crippen molar-refractivity contribution in [3.8, 4) is 0 Å². The van der Waals surface area contributed by atoms with Crippen LogP contribution in [0.15, 0.2) is 0 Å². The fraction of sp³-hybridized carbons (Fsp3) is 1.00. The third kappa shape index (κ3) is 9.16. The van der Waals surface area contributed by atoms with Gasteiger partial charge in [-0.05, 0) is 44.7 Å². The van der Waals surface area contributed by atoms with E-state index in [4.69, 9.17) is 0 Å². The van der Waals surface area contributed by atoms with Crippen LogP contribution in [0.2, 0.25) is 0 Å². The summed E-state index contributed by atoms with van der Waals surface area (Å²) in [6, 6.07) is 0. The molecule has 3 nitrogen and oxygen atoms in total. The number of hydrogen-bond donors (Lipinski definition) is 1. The number of rotatable bonds is 10. The Morgan fingerprint density at radius 2 is 1.81 bits per heavy atom. The Morgan fingerprint density at radius 3 is 2.38 bits per heavy atom. The standard InChI is InChI=1S/C12H27NO2S/c1-4-9-13-10-8-12(3)7-6-11-16(14,15)5-2/h12-13H,4-11H2,1-3H3. The van der Waals surface area contributed by atoms with Gasteiger partial charge in [0.2, 0.25) is 0 Å². The van der Waals surface area contributed by atoms with E-state index in [1.54, 1.807) is 6.92 Å². The number of hydrogen-bond acceptors (Lipinski definition) is 3. The van der Waals surface area contributed by atoms with Gasteiger partial charge in [0.1, 0.15) is 9.84 Å². The van der Waals surface area contributed by atoms with E-state index in [0.717, 1.165) is 32.4 Å². The summed E-state index contributed by atoms with van der Waals surface area (Å²) in [7, 11) is -2.76. The second-order valence-electron chi connectivity index (χ2n) is 4.52. The quantitative estimate of drug-likeness (QED) is 0.604. The van der Waals surface area contributed by atoms with E-state index in [1.165, 1.54) is 6.42 Å². The van der Waals surface area contributed by atoms with Gasteiger partial charge in [-0.15, -0.1) is 0 Å². The van der Waals surface area contributed by atoms with E-state index in [0.29, 0.717) is 11.7 Å². The first-order valence-electron chi connectivity index (χ1n) is 6.43. The summed E-state index contributed by atoms with van der Waals surface area (Å²) < 4.78 is 22.5. The van der Waals surface area contributed by atoms with Crippen molar-refractivity contribution >= 4 is 9.84 Å². The van der Waals surface area contributed by atoms with Crippen molar-refractivity contribution in [2.75, 3.05) is 24.6 Å². The highest BCUT2D eigenvalue weighted by molar-refractivity contribution is 7.91. The van der Waals surface area contributed by atoms with E-state index in [9.17, 15) is 8.42 Å². The summed E-state index contributed by atoms with van der Waals surface area (Å²) in [4.78, 5) is 0. The van der Waals surface area contributed by atoms with Crippen molar-refractivity contribution in [2.24, 2.45) is 5.92 Å². The van der Waals surface area contributed by atoms with Gasteiger partial charge in [0, 0.05) is 5.75 Å². The Kier molecular flexibility index (Phi) is 8.94. The highest BCUT2D eigenvalue weighted by Gasteiger charge is 2.08. The maximum Gasteiger partial charge on any atom is 0.150 e. The van der Waals surface area contributed by atoms with Gasteiger partial charge in [-0.1, -0.05) is 20.8 Å². The van der Waals surface area contributed by atoms with Gasteiger partial charge in [0.25, 0.3) is 0 Å². The molecule has 0 spiro atoms. The molecule has 0 heterocycles. The molecule has 0 saturated carbocycles. The van der Waals surface area contributed by atoms with Gasteiger partial charge in [-0.25, -0.2) is 8.42 Å². The topological polar surface area (TPSA) is 46.2 Å². The fourth-order valence-electron chi connectivity index (χ4n) is 1.59. The SMILES string of the molecule is CCCNCCC(C)CCCS(=O)(=O)CC. The lowest BCUT2D eigenvalue weighted by Crippen LogP contribution is -2.18. The normalized spacial score (nSPS) is 13.9. The third-order valence-electron chi connectivity index (χ3n) is 2.83. The highest BCUT2D eigenvalue weighted by atomic mass is 32.2. The third-order valence-corrected chi connectivity index (χ3v) is 4.62. The molecular weight excluding hydrogens is 222 g/mol.